The van der Waals surface area contributed by atoms with E-state index in [-0.39, 0.29) is 0 Å². The predicted octanol–water partition coefficient (Wildman–Crippen LogP) is 3.79. The van der Waals surface area contributed by atoms with Crippen LogP contribution < -0.4 is 0 Å². The molecular formula is C12H16. The molecule has 0 nitrogen and oxygen atoms in total. The Bertz CT molecular complexity index is 239. The lowest BCUT2D eigenvalue weighted by Crippen LogP contribution is -1.91. The second kappa shape index (κ2) is 4.76. The first-order valence-corrected chi connectivity index (χ1v) is 4.51. The van der Waals surface area contributed by atoms with Gasteiger partial charge in [-0.15, -0.1) is 0 Å². The highest BCUT2D eigenvalue weighted by atomic mass is 14.1. The summed E-state index contributed by atoms with van der Waals surface area (Å²) < 4.78 is 0. The van der Waals surface area contributed by atoms with E-state index in [4.69, 9.17) is 0 Å². The molecule has 0 bridgehead atoms. The van der Waals surface area contributed by atoms with Crippen LogP contribution in [0.5, 0.6) is 0 Å². The molecule has 1 aliphatic rings. The maximum Gasteiger partial charge on any atom is -0.0276 e. The largest absolute Gasteiger partial charge is 0.0991 e. The Balaban J connectivity index is 2.70. The maximum absolute atomic E-state index is 3.66. The topological polar surface area (TPSA) is 0 Å². The van der Waals surface area contributed by atoms with E-state index < -0.39 is 0 Å². The number of allylic oxidation sites excluding steroid dienone is 7. The van der Waals surface area contributed by atoms with Crippen molar-refractivity contribution in [3.63, 3.8) is 0 Å². The fourth-order valence-electron chi connectivity index (χ4n) is 1.43. The molecule has 0 radical (unpaired) electrons. The van der Waals surface area contributed by atoms with Crippen molar-refractivity contribution in [3.05, 3.63) is 48.1 Å². The predicted molar refractivity (Wildman–Crippen MR) is 55.0 cm³/mol. The Hall–Kier alpha value is -1.04. The van der Waals surface area contributed by atoms with Crippen molar-refractivity contribution in [1.29, 1.82) is 0 Å². The van der Waals surface area contributed by atoms with Gasteiger partial charge >= 0.3 is 0 Å². The molecule has 0 heterocycles. The van der Waals surface area contributed by atoms with E-state index >= 15 is 0 Å². The van der Waals surface area contributed by atoms with Gasteiger partial charge in [0.05, 0.1) is 0 Å². The molecule has 0 saturated carbocycles. The average Bonchev–Trinajstić information content (AvgIpc) is 2.15. The second-order valence-corrected chi connectivity index (χ2v) is 3.03. The van der Waals surface area contributed by atoms with E-state index in [0.717, 1.165) is 0 Å². The van der Waals surface area contributed by atoms with Crippen LogP contribution in [0.4, 0.5) is 0 Å². The fourth-order valence-corrected chi connectivity index (χ4v) is 1.43. The van der Waals surface area contributed by atoms with Crippen LogP contribution in [-0.4, -0.2) is 0 Å². The molecule has 0 unspecified atom stereocenters. The third-order valence-electron chi connectivity index (χ3n) is 2.12. The highest BCUT2D eigenvalue weighted by molar-refractivity contribution is 5.33. The van der Waals surface area contributed by atoms with Gasteiger partial charge in [-0.05, 0) is 31.8 Å². The van der Waals surface area contributed by atoms with Crippen molar-refractivity contribution in [2.24, 2.45) is 0 Å². The van der Waals surface area contributed by atoms with Gasteiger partial charge in [0.15, 0.2) is 0 Å². The summed E-state index contributed by atoms with van der Waals surface area (Å²) in [5, 5.41) is 0. The molecular weight excluding hydrogens is 144 g/mol. The van der Waals surface area contributed by atoms with Gasteiger partial charge in [0.2, 0.25) is 0 Å². The van der Waals surface area contributed by atoms with Crippen molar-refractivity contribution < 1.29 is 0 Å². The normalized spacial score (nSPS) is 21.4. The zero-order chi connectivity index (χ0) is 8.81. The maximum atomic E-state index is 3.66. The van der Waals surface area contributed by atoms with E-state index in [1.54, 1.807) is 0 Å². The highest BCUT2D eigenvalue weighted by Gasteiger charge is 2.03. The molecule has 0 aromatic heterocycles. The van der Waals surface area contributed by atoms with Crippen LogP contribution in [0, 0.1) is 0 Å². The van der Waals surface area contributed by atoms with Crippen molar-refractivity contribution in [2.45, 2.75) is 26.2 Å². The van der Waals surface area contributed by atoms with E-state index in [1.165, 1.54) is 30.4 Å². The third-order valence-corrected chi connectivity index (χ3v) is 2.12. The van der Waals surface area contributed by atoms with Crippen LogP contribution >= 0.6 is 0 Å². The molecule has 1 aliphatic carbocycles. The molecule has 0 heteroatoms. The average molecular weight is 160 g/mol. The molecule has 0 N–H and O–H groups in total. The Kier molecular flexibility index (Phi) is 3.59. The van der Waals surface area contributed by atoms with Gasteiger partial charge in [0.1, 0.15) is 0 Å². The van der Waals surface area contributed by atoms with E-state index in [0.29, 0.717) is 0 Å². The van der Waals surface area contributed by atoms with Crippen LogP contribution in [0.2, 0.25) is 0 Å². The number of hydrogen-bond acceptors (Lipinski definition) is 0. The standard InChI is InChI=1S/C12H16/c1-3-5-7-12-9-6-8-11(4-2)10-12/h3-5,7,10H,1,6,8-9H2,2H3/b7-5+,11-4+. The molecule has 12 heavy (non-hydrogen) atoms. The second-order valence-electron chi connectivity index (χ2n) is 3.03. The minimum atomic E-state index is 1.21. The van der Waals surface area contributed by atoms with Crippen LogP contribution in [0.25, 0.3) is 0 Å². The van der Waals surface area contributed by atoms with Crippen LogP contribution in [-0.2, 0) is 0 Å². The SMILES string of the molecule is C=C/C=C/C1=CC(=C/C)/CCC1. The first kappa shape index (κ1) is 9.05. The first-order chi connectivity index (χ1) is 5.86. The summed E-state index contributed by atoms with van der Waals surface area (Å²) in [5.41, 5.74) is 2.89. The van der Waals surface area contributed by atoms with Gasteiger partial charge in [-0.25, -0.2) is 0 Å². The minimum Gasteiger partial charge on any atom is -0.0991 e. The first-order valence-electron chi connectivity index (χ1n) is 4.51. The number of rotatable bonds is 2. The summed E-state index contributed by atoms with van der Waals surface area (Å²) in [7, 11) is 0. The molecule has 1 rings (SSSR count). The van der Waals surface area contributed by atoms with Gasteiger partial charge in [-0.3, -0.25) is 0 Å². The molecule has 0 fully saturated rings. The van der Waals surface area contributed by atoms with Gasteiger partial charge < -0.3 is 0 Å². The van der Waals surface area contributed by atoms with Crippen molar-refractivity contribution in [3.8, 4) is 0 Å². The van der Waals surface area contributed by atoms with Gasteiger partial charge in [0.25, 0.3) is 0 Å². The summed E-state index contributed by atoms with van der Waals surface area (Å²) in [6.45, 7) is 5.76. The summed E-state index contributed by atoms with van der Waals surface area (Å²) in [6.07, 6.45) is 14.2. The van der Waals surface area contributed by atoms with Crippen molar-refractivity contribution >= 4 is 0 Å². The van der Waals surface area contributed by atoms with E-state index in [2.05, 4.69) is 31.7 Å². The lowest BCUT2D eigenvalue weighted by molar-refractivity contribution is 0.796. The summed E-state index contributed by atoms with van der Waals surface area (Å²) in [5.74, 6) is 0. The molecule has 0 amide bonds. The lowest BCUT2D eigenvalue weighted by atomic mass is 9.95. The van der Waals surface area contributed by atoms with Crippen LogP contribution in [0.3, 0.4) is 0 Å². The Morgan fingerprint density at radius 2 is 2.25 bits per heavy atom. The van der Waals surface area contributed by atoms with E-state index in [1.807, 2.05) is 12.2 Å². The molecule has 0 atom stereocenters. The van der Waals surface area contributed by atoms with Gasteiger partial charge in [-0.2, -0.15) is 0 Å². The Morgan fingerprint density at radius 1 is 1.42 bits per heavy atom. The van der Waals surface area contributed by atoms with Crippen molar-refractivity contribution in [1.82, 2.24) is 0 Å². The summed E-state index contributed by atoms with van der Waals surface area (Å²) in [4.78, 5) is 0. The molecule has 0 aromatic rings. The molecule has 0 saturated heterocycles. The highest BCUT2D eigenvalue weighted by Crippen LogP contribution is 2.22. The van der Waals surface area contributed by atoms with Crippen molar-refractivity contribution in [2.75, 3.05) is 0 Å². The summed E-state index contributed by atoms with van der Waals surface area (Å²) >= 11 is 0. The third kappa shape index (κ3) is 2.54. The molecule has 0 aromatic carbocycles. The number of hydrogen-bond donors (Lipinski definition) is 0. The van der Waals surface area contributed by atoms with Gasteiger partial charge in [-0.1, -0.05) is 42.5 Å². The molecule has 0 spiro atoms. The molecule has 64 valence electrons. The van der Waals surface area contributed by atoms with Crippen LogP contribution in [0.15, 0.2) is 48.1 Å². The monoisotopic (exact) mass is 160 g/mol. The zero-order valence-corrected chi connectivity index (χ0v) is 7.72. The van der Waals surface area contributed by atoms with Crippen LogP contribution in [0.1, 0.15) is 26.2 Å². The minimum absolute atomic E-state index is 1.21. The van der Waals surface area contributed by atoms with Gasteiger partial charge in [0, 0.05) is 0 Å². The quantitative estimate of drug-likeness (QED) is 0.539. The molecule has 0 aliphatic heterocycles. The Labute approximate surface area is 75.0 Å². The lowest BCUT2D eigenvalue weighted by Gasteiger charge is -2.11. The Morgan fingerprint density at radius 3 is 2.92 bits per heavy atom. The fraction of sp³-hybridized carbons (Fsp3) is 0.333. The smallest absolute Gasteiger partial charge is 0.0276 e. The summed E-state index contributed by atoms with van der Waals surface area (Å²) in [6, 6.07) is 0. The zero-order valence-electron chi connectivity index (χ0n) is 7.72. The van der Waals surface area contributed by atoms with E-state index in [9.17, 15) is 0 Å².